The second-order valence-electron chi connectivity index (χ2n) is 4.66. The second kappa shape index (κ2) is 13.8. The number of thiocarbonyl (C=S) groups is 1. The zero-order chi connectivity index (χ0) is 12.8. The van der Waals surface area contributed by atoms with E-state index < -0.39 is 0 Å². The molecule has 0 aromatic heterocycles. The van der Waals surface area contributed by atoms with Gasteiger partial charge in [-0.1, -0.05) is 58.8 Å². The normalized spacial score (nSPS) is 10.2. The molecule has 0 aliphatic rings. The van der Waals surface area contributed by atoms with Gasteiger partial charge in [0.1, 0.15) is 0 Å². The molecule has 0 aliphatic carbocycles. The van der Waals surface area contributed by atoms with E-state index in [9.17, 15) is 0 Å². The minimum atomic E-state index is 0.815. The molecule has 0 atom stereocenters. The summed E-state index contributed by atoms with van der Waals surface area (Å²) < 4.78 is 0. The number of unbranched alkanes of at least 4 members (excludes halogenated alkanes) is 7. The Hall–Kier alpha value is -0.310. The maximum absolute atomic E-state index is 5.15. The van der Waals surface area contributed by atoms with Crippen molar-refractivity contribution in [2.75, 3.05) is 13.1 Å². The van der Waals surface area contributed by atoms with Crippen molar-refractivity contribution in [3.05, 3.63) is 0 Å². The molecule has 2 nitrogen and oxygen atoms in total. The van der Waals surface area contributed by atoms with Crippen LogP contribution >= 0.6 is 12.2 Å². The van der Waals surface area contributed by atoms with Crippen molar-refractivity contribution in [3.8, 4) is 0 Å². The predicted octanol–water partition coefficient (Wildman–Crippen LogP) is 4.00. The quantitative estimate of drug-likeness (QED) is 0.433. The highest BCUT2D eigenvalue weighted by Crippen LogP contribution is 2.07. The lowest BCUT2D eigenvalue weighted by Gasteiger charge is -2.09. The van der Waals surface area contributed by atoms with Crippen LogP contribution in [0.5, 0.6) is 0 Å². The molecular formula is C14H30N2S. The molecule has 0 bridgehead atoms. The lowest BCUT2D eigenvalue weighted by molar-refractivity contribution is 0.572. The Morgan fingerprint density at radius 1 is 0.706 bits per heavy atom. The zero-order valence-corrected chi connectivity index (χ0v) is 12.5. The smallest absolute Gasteiger partial charge is 0.166 e. The van der Waals surface area contributed by atoms with Crippen LogP contribution in [0.15, 0.2) is 0 Å². The molecule has 0 heterocycles. The summed E-state index contributed by atoms with van der Waals surface area (Å²) in [4.78, 5) is 0. The molecule has 0 spiro atoms. The maximum Gasteiger partial charge on any atom is 0.166 e. The van der Waals surface area contributed by atoms with Gasteiger partial charge in [0.2, 0.25) is 0 Å². The minimum absolute atomic E-state index is 0.815. The van der Waals surface area contributed by atoms with E-state index in [2.05, 4.69) is 24.5 Å². The van der Waals surface area contributed by atoms with Gasteiger partial charge in [-0.2, -0.15) is 0 Å². The van der Waals surface area contributed by atoms with E-state index in [1.165, 1.54) is 51.4 Å². The van der Waals surface area contributed by atoms with Gasteiger partial charge in [-0.05, 0) is 25.1 Å². The van der Waals surface area contributed by atoms with Crippen molar-refractivity contribution in [1.29, 1.82) is 0 Å². The third-order valence-electron chi connectivity index (χ3n) is 2.85. The van der Waals surface area contributed by atoms with Crippen LogP contribution in [0.25, 0.3) is 0 Å². The van der Waals surface area contributed by atoms with Gasteiger partial charge in [0.25, 0.3) is 0 Å². The SMILES string of the molecule is CCCCCCCCCCNC(=S)NCCC. The summed E-state index contributed by atoms with van der Waals surface area (Å²) in [6.45, 7) is 6.41. The monoisotopic (exact) mass is 258 g/mol. The van der Waals surface area contributed by atoms with Crippen molar-refractivity contribution < 1.29 is 0 Å². The van der Waals surface area contributed by atoms with Crippen LogP contribution in [0.2, 0.25) is 0 Å². The van der Waals surface area contributed by atoms with E-state index in [0.717, 1.165) is 24.6 Å². The molecule has 0 fully saturated rings. The fourth-order valence-electron chi connectivity index (χ4n) is 1.76. The topological polar surface area (TPSA) is 24.1 Å². The summed E-state index contributed by atoms with van der Waals surface area (Å²) in [5.74, 6) is 0. The summed E-state index contributed by atoms with van der Waals surface area (Å²) in [6, 6.07) is 0. The van der Waals surface area contributed by atoms with Crippen molar-refractivity contribution in [3.63, 3.8) is 0 Å². The van der Waals surface area contributed by atoms with Crippen molar-refractivity contribution in [2.24, 2.45) is 0 Å². The van der Waals surface area contributed by atoms with Gasteiger partial charge in [-0.3, -0.25) is 0 Å². The number of hydrogen-bond acceptors (Lipinski definition) is 1. The van der Waals surface area contributed by atoms with Gasteiger partial charge >= 0.3 is 0 Å². The van der Waals surface area contributed by atoms with Gasteiger partial charge < -0.3 is 10.6 Å². The summed E-state index contributed by atoms with van der Waals surface area (Å²) >= 11 is 5.15. The predicted molar refractivity (Wildman–Crippen MR) is 81.5 cm³/mol. The first-order chi connectivity index (χ1) is 8.31. The van der Waals surface area contributed by atoms with E-state index in [4.69, 9.17) is 12.2 Å². The van der Waals surface area contributed by atoms with E-state index in [1.54, 1.807) is 0 Å². The van der Waals surface area contributed by atoms with Crippen molar-refractivity contribution in [2.45, 2.75) is 71.6 Å². The first kappa shape index (κ1) is 16.7. The number of nitrogens with one attached hydrogen (secondary N) is 2. The Morgan fingerprint density at radius 3 is 1.82 bits per heavy atom. The molecule has 0 rings (SSSR count). The van der Waals surface area contributed by atoms with E-state index in [1.807, 2.05) is 0 Å². The Balaban J connectivity index is 3.05. The lowest BCUT2D eigenvalue weighted by atomic mass is 10.1. The number of rotatable bonds is 11. The van der Waals surface area contributed by atoms with Gasteiger partial charge in [0.15, 0.2) is 5.11 Å². The molecule has 17 heavy (non-hydrogen) atoms. The molecule has 0 aromatic rings. The van der Waals surface area contributed by atoms with Crippen LogP contribution in [0, 0.1) is 0 Å². The molecule has 102 valence electrons. The summed E-state index contributed by atoms with van der Waals surface area (Å²) in [5.41, 5.74) is 0. The summed E-state index contributed by atoms with van der Waals surface area (Å²) in [6.07, 6.45) is 12.0. The lowest BCUT2D eigenvalue weighted by Crippen LogP contribution is -2.36. The molecule has 0 unspecified atom stereocenters. The van der Waals surface area contributed by atoms with Crippen molar-refractivity contribution in [1.82, 2.24) is 10.6 Å². The Morgan fingerprint density at radius 2 is 1.24 bits per heavy atom. The molecule has 0 radical (unpaired) electrons. The standard InChI is InChI=1S/C14H30N2S/c1-3-5-6-7-8-9-10-11-13-16-14(17)15-12-4-2/h3-13H2,1-2H3,(H2,15,16,17). The minimum Gasteiger partial charge on any atom is -0.363 e. The third-order valence-corrected chi connectivity index (χ3v) is 3.14. The second-order valence-corrected chi connectivity index (χ2v) is 5.07. The first-order valence-corrected chi connectivity index (χ1v) is 7.73. The Kier molecular flexibility index (Phi) is 13.5. The van der Waals surface area contributed by atoms with E-state index in [-0.39, 0.29) is 0 Å². The van der Waals surface area contributed by atoms with Gasteiger partial charge in [0.05, 0.1) is 0 Å². The summed E-state index contributed by atoms with van der Waals surface area (Å²) in [7, 11) is 0. The molecular weight excluding hydrogens is 228 g/mol. The van der Waals surface area contributed by atoms with Gasteiger partial charge in [-0.25, -0.2) is 0 Å². The van der Waals surface area contributed by atoms with Crippen LogP contribution in [0.3, 0.4) is 0 Å². The third kappa shape index (κ3) is 13.6. The average molecular weight is 258 g/mol. The largest absolute Gasteiger partial charge is 0.363 e. The molecule has 2 N–H and O–H groups in total. The van der Waals surface area contributed by atoms with Crippen LogP contribution in [0.4, 0.5) is 0 Å². The number of hydrogen-bond donors (Lipinski definition) is 2. The zero-order valence-electron chi connectivity index (χ0n) is 11.7. The molecule has 0 amide bonds. The molecule has 3 heteroatoms. The Bertz CT molecular complexity index is 172. The molecule has 0 saturated carbocycles. The molecule has 0 aliphatic heterocycles. The van der Waals surface area contributed by atoms with Crippen LogP contribution in [-0.2, 0) is 0 Å². The van der Waals surface area contributed by atoms with Gasteiger partial charge in [0, 0.05) is 13.1 Å². The maximum atomic E-state index is 5.15. The fourth-order valence-corrected chi connectivity index (χ4v) is 1.97. The van der Waals surface area contributed by atoms with Crippen LogP contribution in [-0.4, -0.2) is 18.2 Å². The van der Waals surface area contributed by atoms with Gasteiger partial charge in [-0.15, -0.1) is 0 Å². The van der Waals surface area contributed by atoms with Crippen molar-refractivity contribution >= 4 is 17.3 Å². The fraction of sp³-hybridized carbons (Fsp3) is 0.929. The average Bonchev–Trinajstić information content (AvgIpc) is 2.34. The molecule has 0 aromatic carbocycles. The summed E-state index contributed by atoms with van der Waals surface area (Å²) in [5, 5.41) is 7.24. The van der Waals surface area contributed by atoms with E-state index in [0.29, 0.717) is 0 Å². The molecule has 0 saturated heterocycles. The highest BCUT2D eigenvalue weighted by atomic mass is 32.1. The Labute approximate surface area is 113 Å². The van der Waals surface area contributed by atoms with Crippen LogP contribution < -0.4 is 10.6 Å². The van der Waals surface area contributed by atoms with E-state index >= 15 is 0 Å². The highest BCUT2D eigenvalue weighted by molar-refractivity contribution is 7.80. The van der Waals surface area contributed by atoms with Crippen LogP contribution in [0.1, 0.15) is 71.6 Å². The first-order valence-electron chi connectivity index (χ1n) is 7.33. The highest BCUT2D eigenvalue weighted by Gasteiger charge is 1.94.